The summed E-state index contributed by atoms with van der Waals surface area (Å²) in [4.78, 5) is 2.49. The number of hydrogen-bond acceptors (Lipinski definition) is 5. The van der Waals surface area contributed by atoms with Crippen LogP contribution in [-0.2, 0) is 0 Å². The molecule has 0 radical (unpaired) electrons. The lowest BCUT2D eigenvalue weighted by Gasteiger charge is -2.36. The molecule has 2 rings (SSSR count). The van der Waals surface area contributed by atoms with Crippen molar-refractivity contribution in [2.24, 2.45) is 0 Å². The Balaban J connectivity index is 0.00000288. The maximum absolute atomic E-state index is 5.65. The van der Waals surface area contributed by atoms with Crippen LogP contribution in [0.1, 0.15) is 24.4 Å². The Morgan fingerprint density at radius 1 is 1.08 bits per heavy atom. The molecule has 1 saturated heterocycles. The van der Waals surface area contributed by atoms with Gasteiger partial charge in [-0.25, -0.2) is 0 Å². The van der Waals surface area contributed by atoms with Crippen LogP contribution in [0.3, 0.4) is 0 Å². The molecule has 7 heteroatoms. The predicted octanol–water partition coefficient (Wildman–Crippen LogP) is 3.47. The fourth-order valence-corrected chi connectivity index (χ4v) is 3.14. The summed E-state index contributed by atoms with van der Waals surface area (Å²) in [5.74, 6) is 2.37. The van der Waals surface area contributed by atoms with E-state index in [0.717, 1.165) is 61.8 Å². The number of rotatable bonds is 8. The van der Waals surface area contributed by atoms with Gasteiger partial charge in [0.05, 0.1) is 26.9 Å². The lowest BCUT2D eigenvalue weighted by molar-refractivity contribution is 0.160. The van der Waals surface area contributed by atoms with Gasteiger partial charge in [-0.15, -0.1) is 31.4 Å². The molecule has 1 aromatic carbocycles. The van der Waals surface area contributed by atoms with E-state index >= 15 is 0 Å². The fraction of sp³-hybridized carbons (Fsp3) is 0.556. The molecule has 0 amide bonds. The predicted molar refractivity (Wildman–Crippen MR) is 107 cm³/mol. The van der Waals surface area contributed by atoms with Crippen LogP contribution in [-0.4, -0.2) is 52.4 Å². The summed E-state index contributed by atoms with van der Waals surface area (Å²) in [5, 5.41) is 3.41. The van der Waals surface area contributed by atoms with Crippen molar-refractivity contribution in [3.8, 4) is 17.2 Å². The molecule has 0 saturated carbocycles. The molecule has 0 aromatic heterocycles. The van der Waals surface area contributed by atoms with E-state index in [1.54, 1.807) is 21.3 Å². The summed E-state index contributed by atoms with van der Waals surface area (Å²) in [5.41, 5.74) is 1.10. The average molecular weight is 393 g/mol. The Kier molecular flexibility index (Phi) is 11.7. The number of halogens is 2. The molecule has 1 aliphatic rings. The van der Waals surface area contributed by atoms with E-state index in [9.17, 15) is 0 Å². The third kappa shape index (κ3) is 5.96. The highest BCUT2D eigenvalue weighted by Crippen LogP contribution is 2.42. The zero-order valence-corrected chi connectivity index (χ0v) is 16.9. The molecule has 1 heterocycles. The van der Waals surface area contributed by atoms with E-state index in [4.69, 9.17) is 14.2 Å². The number of benzene rings is 1. The van der Waals surface area contributed by atoms with Gasteiger partial charge in [0.25, 0.3) is 0 Å². The topological polar surface area (TPSA) is 43.0 Å². The van der Waals surface area contributed by atoms with Gasteiger partial charge in [0.1, 0.15) is 17.2 Å². The van der Waals surface area contributed by atoms with E-state index in [2.05, 4.69) is 16.8 Å². The number of nitrogens with zero attached hydrogens (tertiary/aromatic N) is 1. The number of methoxy groups -OCH3 is 3. The molecule has 144 valence electrons. The Labute approximate surface area is 163 Å². The van der Waals surface area contributed by atoms with E-state index in [1.165, 1.54) is 0 Å². The van der Waals surface area contributed by atoms with Gasteiger partial charge < -0.3 is 19.5 Å². The second-order valence-electron chi connectivity index (χ2n) is 5.61. The van der Waals surface area contributed by atoms with E-state index < -0.39 is 0 Å². The molecule has 1 fully saturated rings. The Morgan fingerprint density at radius 2 is 1.64 bits per heavy atom. The smallest absolute Gasteiger partial charge is 0.131 e. The number of piperazine rings is 1. The summed E-state index contributed by atoms with van der Waals surface area (Å²) >= 11 is 0. The van der Waals surface area contributed by atoms with Crippen LogP contribution >= 0.6 is 24.8 Å². The maximum atomic E-state index is 5.65. The first-order chi connectivity index (χ1) is 11.2. The third-order valence-electron chi connectivity index (χ3n) is 4.32. The van der Waals surface area contributed by atoms with E-state index in [-0.39, 0.29) is 30.9 Å². The zero-order chi connectivity index (χ0) is 16.7. The largest absolute Gasteiger partial charge is 0.496 e. The fourth-order valence-electron chi connectivity index (χ4n) is 3.14. The second-order valence-corrected chi connectivity index (χ2v) is 5.61. The molecule has 0 spiro atoms. The van der Waals surface area contributed by atoms with Crippen LogP contribution in [0.4, 0.5) is 0 Å². The van der Waals surface area contributed by atoms with Gasteiger partial charge in [0.15, 0.2) is 0 Å². The van der Waals surface area contributed by atoms with Crippen LogP contribution in [0.25, 0.3) is 0 Å². The summed E-state index contributed by atoms with van der Waals surface area (Å²) in [6.45, 7) is 7.91. The van der Waals surface area contributed by atoms with Crippen LogP contribution in [0.2, 0.25) is 0 Å². The molecule has 0 bridgehead atoms. The Hall–Kier alpha value is -1.14. The second kappa shape index (κ2) is 12.3. The molecule has 5 nitrogen and oxygen atoms in total. The minimum atomic E-state index is 0. The van der Waals surface area contributed by atoms with Crippen molar-refractivity contribution in [3.05, 3.63) is 30.4 Å². The van der Waals surface area contributed by atoms with Gasteiger partial charge in [0, 0.05) is 44.4 Å². The van der Waals surface area contributed by atoms with Crippen LogP contribution in [0.5, 0.6) is 17.2 Å². The van der Waals surface area contributed by atoms with Crippen molar-refractivity contribution in [1.82, 2.24) is 10.2 Å². The van der Waals surface area contributed by atoms with E-state index in [0.29, 0.717) is 0 Å². The van der Waals surface area contributed by atoms with Crippen LogP contribution in [0, 0.1) is 0 Å². The molecular formula is C18H30Cl2N2O3. The first-order valence-electron chi connectivity index (χ1n) is 8.10. The highest BCUT2D eigenvalue weighted by Gasteiger charge is 2.28. The number of ether oxygens (including phenoxy) is 3. The summed E-state index contributed by atoms with van der Waals surface area (Å²) in [7, 11) is 5.04. The van der Waals surface area contributed by atoms with Gasteiger partial charge >= 0.3 is 0 Å². The third-order valence-corrected chi connectivity index (χ3v) is 4.32. The number of allylic oxidation sites excluding steroid dienone is 1. The summed E-state index contributed by atoms with van der Waals surface area (Å²) in [6.07, 6.45) is 3.91. The summed E-state index contributed by atoms with van der Waals surface area (Å²) < 4.78 is 16.7. The minimum Gasteiger partial charge on any atom is -0.496 e. The molecule has 0 aliphatic carbocycles. The van der Waals surface area contributed by atoms with Crippen molar-refractivity contribution in [2.45, 2.75) is 18.9 Å². The minimum absolute atomic E-state index is 0. The van der Waals surface area contributed by atoms with Crippen molar-refractivity contribution in [2.75, 3.05) is 47.5 Å². The van der Waals surface area contributed by atoms with Crippen molar-refractivity contribution < 1.29 is 14.2 Å². The summed E-state index contributed by atoms with van der Waals surface area (Å²) in [6, 6.07) is 4.10. The Morgan fingerprint density at radius 3 is 2.08 bits per heavy atom. The van der Waals surface area contributed by atoms with Crippen molar-refractivity contribution >= 4 is 24.8 Å². The molecule has 1 N–H and O–H groups in total. The lowest BCUT2D eigenvalue weighted by Crippen LogP contribution is -2.45. The Bertz CT molecular complexity index is 498. The van der Waals surface area contributed by atoms with Crippen molar-refractivity contribution in [1.29, 1.82) is 0 Å². The van der Waals surface area contributed by atoms with Gasteiger partial charge in [0.2, 0.25) is 0 Å². The normalized spacial score (nSPS) is 15.3. The van der Waals surface area contributed by atoms with Gasteiger partial charge in [-0.2, -0.15) is 0 Å². The quantitative estimate of drug-likeness (QED) is 0.686. The molecule has 1 atom stereocenters. The highest BCUT2D eigenvalue weighted by atomic mass is 35.5. The zero-order valence-electron chi connectivity index (χ0n) is 15.2. The standard InChI is InChI=1S/C18H28N2O3.2ClH/c1-5-6-7-15(20-10-8-19-9-11-20)18-16(22-3)12-14(21-2)13-17(18)23-4;;/h5,12-13,15,19H,1,6-11H2,2-4H3;2*1H/t15-;;/m1../s1. The maximum Gasteiger partial charge on any atom is 0.131 e. The molecule has 1 aromatic rings. The van der Waals surface area contributed by atoms with Crippen molar-refractivity contribution in [3.63, 3.8) is 0 Å². The van der Waals surface area contributed by atoms with Gasteiger partial charge in [-0.3, -0.25) is 4.90 Å². The molecule has 0 unspecified atom stereocenters. The van der Waals surface area contributed by atoms with E-state index in [1.807, 2.05) is 18.2 Å². The number of hydrogen-bond donors (Lipinski definition) is 1. The van der Waals surface area contributed by atoms with Gasteiger partial charge in [-0.05, 0) is 12.8 Å². The monoisotopic (exact) mass is 392 g/mol. The van der Waals surface area contributed by atoms with Crippen LogP contribution < -0.4 is 19.5 Å². The average Bonchev–Trinajstić information content (AvgIpc) is 2.62. The SMILES string of the molecule is C=CCC[C@H](c1c(OC)cc(OC)cc1OC)N1CCNCC1.Cl.Cl. The van der Waals surface area contributed by atoms with Crippen LogP contribution in [0.15, 0.2) is 24.8 Å². The molecular weight excluding hydrogens is 363 g/mol. The first-order valence-corrected chi connectivity index (χ1v) is 8.10. The highest BCUT2D eigenvalue weighted by molar-refractivity contribution is 5.85. The number of nitrogens with one attached hydrogen (secondary N) is 1. The first kappa shape index (κ1) is 23.9. The molecule has 1 aliphatic heterocycles. The molecule has 25 heavy (non-hydrogen) atoms. The lowest BCUT2D eigenvalue weighted by atomic mass is 9.97. The van der Waals surface area contributed by atoms with Gasteiger partial charge in [-0.1, -0.05) is 6.08 Å².